The van der Waals surface area contributed by atoms with Crippen molar-refractivity contribution in [1.29, 1.82) is 0 Å². The Morgan fingerprint density at radius 3 is 2.19 bits per heavy atom. The monoisotopic (exact) mass is 406 g/mol. The Hall–Kier alpha value is -2.26. The number of carbonyl (C=O) groups is 1. The van der Waals surface area contributed by atoms with Gasteiger partial charge in [0.1, 0.15) is 0 Å². The van der Waals surface area contributed by atoms with E-state index in [-0.39, 0.29) is 21.5 Å². The van der Waals surface area contributed by atoms with Crippen LogP contribution in [0.5, 0.6) is 0 Å². The van der Waals surface area contributed by atoms with Crippen molar-refractivity contribution in [3.8, 4) is 0 Å². The number of nitrogens with zero attached hydrogens (tertiary/aromatic N) is 1. The fourth-order valence-electron chi connectivity index (χ4n) is 2.01. The topological polar surface area (TPSA) is 66.5 Å². The van der Waals surface area contributed by atoms with Gasteiger partial charge in [-0.1, -0.05) is 11.6 Å². The largest absolute Gasteiger partial charge is 0.416 e. The molecule has 0 aliphatic carbocycles. The second-order valence-corrected chi connectivity index (χ2v) is 7.46. The van der Waals surface area contributed by atoms with Gasteiger partial charge in [-0.2, -0.15) is 13.2 Å². The number of halogens is 4. The van der Waals surface area contributed by atoms with Crippen LogP contribution in [0.4, 0.5) is 24.5 Å². The third-order valence-electron chi connectivity index (χ3n) is 3.54. The minimum Gasteiger partial charge on any atom is -0.316 e. The second-order valence-electron chi connectivity index (χ2n) is 5.37. The fourth-order valence-corrected chi connectivity index (χ4v) is 3.31. The van der Waals surface area contributed by atoms with E-state index in [1.807, 2.05) is 4.72 Å². The molecule has 5 nitrogen and oxygen atoms in total. The average molecular weight is 407 g/mol. The van der Waals surface area contributed by atoms with Crippen LogP contribution in [-0.2, 0) is 21.0 Å². The first-order valence-corrected chi connectivity index (χ1v) is 9.02. The van der Waals surface area contributed by atoms with E-state index in [1.54, 1.807) is 0 Å². The summed E-state index contributed by atoms with van der Waals surface area (Å²) < 4.78 is 65.2. The molecule has 0 saturated carbocycles. The summed E-state index contributed by atoms with van der Waals surface area (Å²) in [5, 5.41) is -0.172. The Bertz CT molecular complexity index is 929. The number of rotatable bonds is 4. The summed E-state index contributed by atoms with van der Waals surface area (Å²) >= 11 is 5.80. The lowest BCUT2D eigenvalue weighted by Gasteiger charge is -2.16. The Kier molecular flexibility index (Phi) is 5.52. The van der Waals surface area contributed by atoms with Gasteiger partial charge in [-0.3, -0.25) is 9.52 Å². The van der Waals surface area contributed by atoms with Crippen LogP contribution in [0, 0.1) is 0 Å². The van der Waals surface area contributed by atoms with Crippen molar-refractivity contribution >= 4 is 38.9 Å². The maximum Gasteiger partial charge on any atom is 0.416 e. The number of sulfonamides is 1. The highest BCUT2D eigenvalue weighted by molar-refractivity contribution is 7.92. The molecule has 0 aliphatic rings. The molecule has 2 rings (SSSR count). The minimum absolute atomic E-state index is 0.172. The van der Waals surface area contributed by atoms with Gasteiger partial charge in [0.05, 0.1) is 21.2 Å². The maximum absolute atomic E-state index is 12.8. The van der Waals surface area contributed by atoms with E-state index in [4.69, 9.17) is 11.6 Å². The van der Waals surface area contributed by atoms with Gasteiger partial charge in [0.25, 0.3) is 10.0 Å². The molecule has 140 valence electrons. The van der Waals surface area contributed by atoms with Gasteiger partial charge >= 0.3 is 6.18 Å². The van der Waals surface area contributed by atoms with Crippen molar-refractivity contribution < 1.29 is 26.4 Å². The standard InChI is InChI=1S/C16H14ClF3N2O3S/c1-10(23)22(2)12-4-6-13(7-5-12)26(24,25)21-15-9-11(16(18,19)20)3-8-14(15)17/h3-9,21H,1-2H3. The normalized spacial score (nSPS) is 11.9. The molecule has 10 heteroatoms. The zero-order chi connectivity index (χ0) is 19.7. The third-order valence-corrected chi connectivity index (χ3v) is 5.26. The first-order valence-electron chi connectivity index (χ1n) is 7.16. The number of hydrogen-bond donors (Lipinski definition) is 1. The number of benzene rings is 2. The van der Waals surface area contributed by atoms with Crippen LogP contribution in [0.25, 0.3) is 0 Å². The molecule has 0 aliphatic heterocycles. The number of alkyl halides is 3. The molecular formula is C16H14ClF3N2O3S. The molecule has 0 atom stereocenters. The number of hydrogen-bond acceptors (Lipinski definition) is 3. The van der Waals surface area contributed by atoms with Crippen LogP contribution in [0.15, 0.2) is 47.4 Å². The zero-order valence-corrected chi connectivity index (χ0v) is 15.2. The Morgan fingerprint density at radius 2 is 1.69 bits per heavy atom. The highest BCUT2D eigenvalue weighted by Crippen LogP contribution is 2.34. The Labute approximate surface area is 153 Å². The number of carbonyl (C=O) groups excluding carboxylic acids is 1. The number of nitrogens with one attached hydrogen (secondary N) is 1. The molecule has 0 saturated heterocycles. The van der Waals surface area contributed by atoms with Gasteiger partial charge in [-0.25, -0.2) is 8.42 Å². The van der Waals surface area contributed by atoms with Crippen LogP contribution in [-0.4, -0.2) is 21.4 Å². The van der Waals surface area contributed by atoms with Crippen molar-refractivity contribution in [2.24, 2.45) is 0 Å². The highest BCUT2D eigenvalue weighted by atomic mass is 35.5. The van der Waals surface area contributed by atoms with E-state index in [9.17, 15) is 26.4 Å². The minimum atomic E-state index is -4.64. The van der Waals surface area contributed by atoms with Crippen LogP contribution < -0.4 is 9.62 Å². The predicted octanol–water partition coefficient (Wildman–Crippen LogP) is 4.14. The molecule has 0 radical (unpaired) electrons. The first-order chi connectivity index (χ1) is 11.9. The molecule has 0 fully saturated rings. The lowest BCUT2D eigenvalue weighted by atomic mass is 10.2. The van der Waals surface area contributed by atoms with Crippen LogP contribution in [0.2, 0.25) is 5.02 Å². The van der Waals surface area contributed by atoms with Gasteiger partial charge in [0.15, 0.2) is 0 Å². The quantitative estimate of drug-likeness (QED) is 0.829. The molecule has 26 heavy (non-hydrogen) atoms. The van der Waals surface area contributed by atoms with E-state index >= 15 is 0 Å². The SMILES string of the molecule is CC(=O)N(C)c1ccc(S(=O)(=O)Nc2cc(C(F)(F)F)ccc2Cl)cc1. The maximum atomic E-state index is 12.8. The summed E-state index contributed by atoms with van der Waals surface area (Å²) in [6, 6.07) is 7.63. The molecule has 0 bridgehead atoms. The molecule has 0 unspecified atom stereocenters. The Balaban J connectivity index is 2.33. The third kappa shape index (κ3) is 4.47. The van der Waals surface area contributed by atoms with Gasteiger partial charge in [0.2, 0.25) is 5.91 Å². The molecule has 0 spiro atoms. The van der Waals surface area contributed by atoms with E-state index in [0.29, 0.717) is 11.8 Å². The van der Waals surface area contributed by atoms with Gasteiger partial charge in [-0.15, -0.1) is 0 Å². The zero-order valence-electron chi connectivity index (χ0n) is 13.6. The van der Waals surface area contributed by atoms with E-state index < -0.39 is 21.8 Å². The molecule has 0 heterocycles. The molecular weight excluding hydrogens is 393 g/mol. The summed E-state index contributed by atoms with van der Waals surface area (Å²) in [7, 11) is -2.65. The van der Waals surface area contributed by atoms with Gasteiger partial charge < -0.3 is 4.90 Å². The number of amides is 1. The lowest BCUT2D eigenvalue weighted by Crippen LogP contribution is -2.22. The van der Waals surface area contributed by atoms with Gasteiger partial charge in [-0.05, 0) is 42.5 Å². The smallest absolute Gasteiger partial charge is 0.316 e. The van der Waals surface area contributed by atoms with Crippen molar-refractivity contribution in [3.05, 3.63) is 53.1 Å². The highest BCUT2D eigenvalue weighted by Gasteiger charge is 2.31. The molecule has 1 amide bonds. The van der Waals surface area contributed by atoms with Crippen molar-refractivity contribution in [2.45, 2.75) is 18.0 Å². The second kappa shape index (κ2) is 7.16. The van der Waals surface area contributed by atoms with Crippen molar-refractivity contribution in [3.63, 3.8) is 0 Å². The van der Waals surface area contributed by atoms with E-state index in [0.717, 1.165) is 12.1 Å². The van der Waals surface area contributed by atoms with Crippen LogP contribution in [0.3, 0.4) is 0 Å². The van der Waals surface area contributed by atoms with Crippen molar-refractivity contribution in [1.82, 2.24) is 0 Å². The molecule has 2 aromatic carbocycles. The molecule has 2 aromatic rings. The summed E-state index contributed by atoms with van der Waals surface area (Å²) in [4.78, 5) is 12.4. The summed E-state index contributed by atoms with van der Waals surface area (Å²) in [6.45, 7) is 1.35. The lowest BCUT2D eigenvalue weighted by molar-refractivity contribution is -0.137. The fraction of sp³-hybridized carbons (Fsp3) is 0.188. The van der Waals surface area contributed by atoms with Crippen LogP contribution in [0.1, 0.15) is 12.5 Å². The summed E-state index contributed by atoms with van der Waals surface area (Å²) in [5.41, 5.74) is -0.946. The first kappa shape index (κ1) is 20.1. The Morgan fingerprint density at radius 1 is 1.12 bits per heavy atom. The van der Waals surface area contributed by atoms with Crippen molar-refractivity contribution in [2.75, 3.05) is 16.7 Å². The summed E-state index contributed by atoms with van der Waals surface area (Å²) in [6.07, 6.45) is -4.64. The van der Waals surface area contributed by atoms with E-state index in [1.165, 1.54) is 43.1 Å². The molecule has 0 aromatic heterocycles. The van der Waals surface area contributed by atoms with Gasteiger partial charge in [0, 0.05) is 19.7 Å². The average Bonchev–Trinajstić information content (AvgIpc) is 2.55. The summed E-state index contributed by atoms with van der Waals surface area (Å²) in [5.74, 6) is -0.241. The molecule has 1 N–H and O–H groups in total. The number of anilines is 2. The van der Waals surface area contributed by atoms with Crippen LogP contribution >= 0.6 is 11.6 Å². The predicted molar refractivity (Wildman–Crippen MR) is 92.8 cm³/mol. The van der Waals surface area contributed by atoms with E-state index in [2.05, 4.69) is 0 Å².